The fraction of sp³-hybridized carbons (Fsp3) is 0.417. The highest BCUT2D eigenvalue weighted by Crippen LogP contribution is 2.28. The summed E-state index contributed by atoms with van der Waals surface area (Å²) in [5.41, 5.74) is 2.31. The zero-order valence-electron chi connectivity index (χ0n) is 18.1. The quantitative estimate of drug-likeness (QED) is 0.758. The van der Waals surface area contributed by atoms with E-state index in [2.05, 4.69) is 0 Å². The van der Waals surface area contributed by atoms with Crippen molar-refractivity contribution in [2.24, 2.45) is 5.41 Å². The molecule has 0 radical (unpaired) electrons. The van der Waals surface area contributed by atoms with Crippen molar-refractivity contribution in [2.45, 2.75) is 47.3 Å². The van der Waals surface area contributed by atoms with E-state index in [0.29, 0.717) is 32.8 Å². The van der Waals surface area contributed by atoms with Gasteiger partial charge in [-0.25, -0.2) is 4.39 Å². The van der Waals surface area contributed by atoms with Crippen molar-refractivity contribution in [1.29, 1.82) is 0 Å². The number of hydrogen-bond acceptors (Lipinski definition) is 3. The van der Waals surface area contributed by atoms with Crippen LogP contribution in [0.1, 0.15) is 44.4 Å². The van der Waals surface area contributed by atoms with Crippen molar-refractivity contribution in [2.75, 3.05) is 13.2 Å². The summed E-state index contributed by atoms with van der Waals surface area (Å²) in [5.74, 6) is 0.505. The van der Waals surface area contributed by atoms with Gasteiger partial charge in [0, 0.05) is 37.5 Å². The van der Waals surface area contributed by atoms with Crippen LogP contribution >= 0.6 is 0 Å². The lowest BCUT2D eigenvalue weighted by Gasteiger charge is -2.28. The highest BCUT2D eigenvalue weighted by atomic mass is 19.1. The van der Waals surface area contributed by atoms with E-state index in [9.17, 15) is 14.0 Å². The van der Waals surface area contributed by atoms with Crippen LogP contribution < -0.4 is 4.74 Å². The van der Waals surface area contributed by atoms with E-state index in [4.69, 9.17) is 4.74 Å². The van der Waals surface area contributed by atoms with Gasteiger partial charge >= 0.3 is 0 Å². The minimum Gasteiger partial charge on any atom is -0.491 e. The van der Waals surface area contributed by atoms with Gasteiger partial charge in [0.1, 0.15) is 18.2 Å². The number of rotatable bonds is 4. The largest absolute Gasteiger partial charge is 0.491 e. The zero-order chi connectivity index (χ0) is 21.9. The zero-order valence-corrected chi connectivity index (χ0v) is 18.1. The van der Waals surface area contributed by atoms with E-state index in [1.54, 1.807) is 17.0 Å². The second-order valence-electron chi connectivity index (χ2n) is 8.77. The lowest BCUT2D eigenvalue weighted by atomic mass is 9.94. The molecule has 1 heterocycles. The van der Waals surface area contributed by atoms with Crippen LogP contribution in [-0.2, 0) is 29.2 Å². The molecule has 0 saturated carbocycles. The van der Waals surface area contributed by atoms with Gasteiger partial charge in [-0.1, -0.05) is 39.0 Å². The number of carbonyl (C=O) groups is 2. The fourth-order valence-electron chi connectivity index (χ4n) is 3.50. The number of hydrogen-bond donors (Lipinski definition) is 0. The first-order valence-electron chi connectivity index (χ1n) is 10.2. The summed E-state index contributed by atoms with van der Waals surface area (Å²) in [6.45, 7) is 9.58. The number of halogens is 1. The third kappa shape index (κ3) is 5.38. The highest BCUT2D eigenvalue weighted by molar-refractivity contribution is 5.81. The Hall–Kier alpha value is -2.89. The smallest absolute Gasteiger partial charge is 0.228 e. The molecule has 30 heavy (non-hydrogen) atoms. The predicted octanol–water partition coefficient (Wildman–Crippen LogP) is 4.14. The Morgan fingerprint density at radius 2 is 1.70 bits per heavy atom. The maximum Gasteiger partial charge on any atom is 0.228 e. The van der Waals surface area contributed by atoms with Crippen molar-refractivity contribution in [3.63, 3.8) is 0 Å². The third-order valence-electron chi connectivity index (χ3n) is 5.14. The molecule has 0 aliphatic carbocycles. The van der Waals surface area contributed by atoms with Crippen LogP contribution in [-0.4, -0.2) is 34.8 Å². The van der Waals surface area contributed by atoms with Gasteiger partial charge in [-0.15, -0.1) is 0 Å². The van der Waals surface area contributed by atoms with Crippen molar-refractivity contribution in [1.82, 2.24) is 9.80 Å². The first kappa shape index (κ1) is 21.8. The van der Waals surface area contributed by atoms with Crippen molar-refractivity contribution < 1.29 is 18.7 Å². The molecule has 1 aliphatic heterocycles. The molecule has 160 valence electrons. The Morgan fingerprint density at radius 3 is 2.33 bits per heavy atom. The number of ether oxygens (including phenoxy) is 1. The molecule has 5 nitrogen and oxygen atoms in total. The fourth-order valence-corrected chi connectivity index (χ4v) is 3.50. The normalized spacial score (nSPS) is 13.8. The van der Waals surface area contributed by atoms with Crippen molar-refractivity contribution >= 4 is 11.8 Å². The summed E-state index contributed by atoms with van der Waals surface area (Å²) in [6, 6.07) is 12.0. The molecule has 0 bridgehead atoms. The SMILES string of the molecule is CC(=O)N(Cc1ccc(F)cc1)Cc1ccc2c(c1)CN(C(=O)C(C)(C)C)CCO2. The summed E-state index contributed by atoms with van der Waals surface area (Å²) >= 11 is 0. The Labute approximate surface area is 177 Å². The Balaban J connectivity index is 1.78. The maximum absolute atomic E-state index is 13.2. The topological polar surface area (TPSA) is 49.9 Å². The Morgan fingerprint density at radius 1 is 1.07 bits per heavy atom. The lowest BCUT2D eigenvalue weighted by molar-refractivity contribution is -0.140. The molecule has 0 unspecified atom stereocenters. The molecule has 0 fully saturated rings. The molecule has 0 spiro atoms. The molecule has 0 atom stereocenters. The average Bonchev–Trinajstić information content (AvgIpc) is 2.89. The van der Waals surface area contributed by atoms with Crippen LogP contribution in [0.2, 0.25) is 0 Å². The van der Waals surface area contributed by atoms with E-state index in [-0.39, 0.29) is 17.6 Å². The van der Waals surface area contributed by atoms with E-state index in [1.807, 2.05) is 43.9 Å². The molecule has 0 saturated heterocycles. The number of fused-ring (bicyclic) bond motifs is 1. The van der Waals surface area contributed by atoms with Crippen LogP contribution in [0.25, 0.3) is 0 Å². The van der Waals surface area contributed by atoms with Crippen LogP contribution in [0.3, 0.4) is 0 Å². The van der Waals surface area contributed by atoms with Gasteiger partial charge in [-0.3, -0.25) is 9.59 Å². The molecule has 2 aromatic carbocycles. The number of benzene rings is 2. The van der Waals surface area contributed by atoms with Gasteiger partial charge in [0.15, 0.2) is 0 Å². The molecular formula is C24H29FN2O3. The number of nitrogens with zero attached hydrogens (tertiary/aromatic N) is 2. The van der Waals surface area contributed by atoms with Gasteiger partial charge in [-0.05, 0) is 35.4 Å². The molecule has 0 N–H and O–H groups in total. The molecule has 3 rings (SSSR count). The highest BCUT2D eigenvalue weighted by Gasteiger charge is 2.29. The average molecular weight is 413 g/mol. The number of amides is 2. The predicted molar refractivity (Wildman–Crippen MR) is 113 cm³/mol. The number of carbonyl (C=O) groups excluding carboxylic acids is 2. The molecule has 2 aromatic rings. The second kappa shape index (κ2) is 8.86. The van der Waals surface area contributed by atoms with Crippen molar-refractivity contribution in [3.05, 3.63) is 65.0 Å². The summed E-state index contributed by atoms with van der Waals surface area (Å²) in [6.07, 6.45) is 0. The van der Waals surface area contributed by atoms with E-state index in [1.165, 1.54) is 19.1 Å². The van der Waals surface area contributed by atoms with Crippen LogP contribution in [0, 0.1) is 11.2 Å². The Kier molecular flexibility index (Phi) is 6.44. The molecule has 2 amide bonds. The van der Waals surface area contributed by atoms with Gasteiger partial charge < -0.3 is 14.5 Å². The summed E-state index contributed by atoms with van der Waals surface area (Å²) in [4.78, 5) is 28.5. The van der Waals surface area contributed by atoms with E-state index < -0.39 is 5.41 Å². The molecular weight excluding hydrogens is 383 g/mol. The minimum atomic E-state index is -0.456. The van der Waals surface area contributed by atoms with Gasteiger partial charge in [0.25, 0.3) is 0 Å². The monoisotopic (exact) mass is 412 g/mol. The summed E-state index contributed by atoms with van der Waals surface area (Å²) < 4.78 is 19.0. The van der Waals surface area contributed by atoms with Gasteiger partial charge in [0.05, 0.1) is 6.54 Å². The maximum atomic E-state index is 13.2. The molecule has 6 heteroatoms. The van der Waals surface area contributed by atoms with Crippen molar-refractivity contribution in [3.8, 4) is 5.75 Å². The lowest BCUT2D eigenvalue weighted by Crippen LogP contribution is -2.40. The molecule has 1 aliphatic rings. The summed E-state index contributed by atoms with van der Waals surface area (Å²) in [5, 5.41) is 0. The third-order valence-corrected chi connectivity index (χ3v) is 5.14. The van der Waals surface area contributed by atoms with Gasteiger partial charge in [-0.2, -0.15) is 0 Å². The van der Waals surface area contributed by atoms with Crippen LogP contribution in [0.15, 0.2) is 42.5 Å². The second-order valence-corrected chi connectivity index (χ2v) is 8.77. The van der Waals surface area contributed by atoms with Crippen LogP contribution in [0.5, 0.6) is 5.75 Å². The first-order valence-corrected chi connectivity index (χ1v) is 10.2. The Bertz CT molecular complexity index is 919. The minimum absolute atomic E-state index is 0.0601. The van der Waals surface area contributed by atoms with Gasteiger partial charge in [0.2, 0.25) is 11.8 Å². The van der Waals surface area contributed by atoms with E-state index in [0.717, 1.165) is 22.4 Å². The van der Waals surface area contributed by atoms with E-state index >= 15 is 0 Å². The molecule has 0 aromatic heterocycles. The van der Waals surface area contributed by atoms with Crippen LogP contribution in [0.4, 0.5) is 4.39 Å². The summed E-state index contributed by atoms with van der Waals surface area (Å²) in [7, 11) is 0. The standard InChI is InChI=1S/C24H29FN2O3/c1-17(28)27(14-18-5-8-21(25)9-6-18)15-19-7-10-22-20(13-19)16-26(11-12-30-22)23(29)24(2,3)4/h5-10,13H,11-12,14-16H2,1-4H3. The first-order chi connectivity index (χ1) is 14.1.